The zero-order valence-corrected chi connectivity index (χ0v) is 18.7. The number of nitrogens with zero attached hydrogens (tertiary/aromatic N) is 1. The number of thiazole rings is 1. The second-order valence-electron chi connectivity index (χ2n) is 7.22. The summed E-state index contributed by atoms with van der Waals surface area (Å²) in [4.78, 5) is 4.34. The van der Waals surface area contributed by atoms with Crippen LogP contribution in [0.3, 0.4) is 0 Å². The summed E-state index contributed by atoms with van der Waals surface area (Å²) in [5, 5.41) is 12.5. The number of hydrogen-bond acceptors (Lipinski definition) is 4. The van der Waals surface area contributed by atoms with Crippen molar-refractivity contribution in [3.63, 3.8) is 0 Å². The molecule has 1 N–H and O–H groups in total. The predicted octanol–water partition coefficient (Wildman–Crippen LogP) is 6.87. The van der Waals surface area contributed by atoms with Gasteiger partial charge in [-0.25, -0.2) is 4.98 Å². The third kappa shape index (κ3) is 5.63. The van der Waals surface area contributed by atoms with Crippen LogP contribution < -0.4 is 0 Å². The quantitative estimate of drug-likeness (QED) is 0.339. The molecule has 0 spiro atoms. The van der Waals surface area contributed by atoms with Gasteiger partial charge in [0.25, 0.3) is 0 Å². The molecule has 1 aliphatic rings. The fourth-order valence-corrected chi connectivity index (χ4v) is 6.75. The summed E-state index contributed by atoms with van der Waals surface area (Å²) < 4.78 is 1.11. The van der Waals surface area contributed by atoms with Crippen molar-refractivity contribution in [3.05, 3.63) is 47.0 Å². The summed E-state index contributed by atoms with van der Waals surface area (Å²) in [6, 6.07) is 8.39. The smallest absolute Gasteiger partial charge is 0.149 e. The molecular formula is C21H27Cl2NOS2. The maximum Gasteiger partial charge on any atom is 0.149 e. The van der Waals surface area contributed by atoms with E-state index in [0.717, 1.165) is 47.8 Å². The lowest BCUT2D eigenvalue weighted by molar-refractivity contribution is 0.164. The van der Waals surface area contributed by atoms with Crippen LogP contribution >= 0.6 is 46.3 Å². The summed E-state index contributed by atoms with van der Waals surface area (Å²) >= 11 is 16.9. The van der Waals surface area contributed by atoms with Gasteiger partial charge in [-0.2, -0.15) is 0 Å². The second-order valence-corrected chi connectivity index (χ2v) is 10.6. The van der Waals surface area contributed by atoms with Crippen molar-refractivity contribution >= 4 is 46.3 Å². The Morgan fingerprint density at radius 1 is 1.26 bits per heavy atom. The van der Waals surface area contributed by atoms with E-state index in [1.165, 1.54) is 5.56 Å². The van der Waals surface area contributed by atoms with Gasteiger partial charge in [0.15, 0.2) is 0 Å². The van der Waals surface area contributed by atoms with Crippen LogP contribution in [0.15, 0.2) is 40.2 Å². The molecule has 27 heavy (non-hydrogen) atoms. The van der Waals surface area contributed by atoms with Crippen molar-refractivity contribution < 1.29 is 5.11 Å². The zero-order chi connectivity index (χ0) is 19.2. The van der Waals surface area contributed by atoms with Crippen LogP contribution in [-0.2, 0) is 0 Å². The molecule has 1 aromatic heterocycles. The molecule has 0 amide bonds. The number of aromatic nitrogens is 1. The molecule has 6 heteroatoms. The number of rotatable bonds is 9. The molecule has 1 aliphatic carbocycles. The maximum absolute atomic E-state index is 10.3. The van der Waals surface area contributed by atoms with Crippen molar-refractivity contribution in [3.8, 4) is 0 Å². The van der Waals surface area contributed by atoms with Gasteiger partial charge in [-0.15, -0.1) is 34.5 Å². The van der Waals surface area contributed by atoms with Crippen LogP contribution in [0.5, 0.6) is 0 Å². The fourth-order valence-electron chi connectivity index (χ4n) is 3.91. The molecule has 1 saturated carbocycles. The van der Waals surface area contributed by atoms with E-state index in [1.54, 1.807) is 23.1 Å². The highest BCUT2D eigenvalue weighted by Gasteiger charge is 2.41. The molecule has 0 aliphatic heterocycles. The van der Waals surface area contributed by atoms with E-state index in [0.29, 0.717) is 5.92 Å². The van der Waals surface area contributed by atoms with Crippen molar-refractivity contribution in [2.45, 2.75) is 66.1 Å². The van der Waals surface area contributed by atoms with Crippen molar-refractivity contribution in [2.24, 2.45) is 5.92 Å². The largest absolute Gasteiger partial charge is 0.388 e. The van der Waals surface area contributed by atoms with E-state index in [-0.39, 0.29) is 22.8 Å². The standard InChI is InChI=1S/C21H27Cl2NOS2/c1-2-3-4-19(25)14-5-7-15(8-6-14)20-16(17(22)13-18(20)23)9-11-26-21-24-10-12-27-21/h5-8,10,12,16-20,25H,2-4,9,11,13H2,1H3. The van der Waals surface area contributed by atoms with Gasteiger partial charge in [-0.3, -0.25) is 0 Å². The number of alkyl halides is 2. The molecule has 5 unspecified atom stereocenters. The lowest BCUT2D eigenvalue weighted by Crippen LogP contribution is -2.17. The third-order valence-electron chi connectivity index (χ3n) is 5.39. The minimum Gasteiger partial charge on any atom is -0.388 e. The van der Waals surface area contributed by atoms with E-state index >= 15 is 0 Å². The average molecular weight is 444 g/mol. The highest BCUT2D eigenvalue weighted by molar-refractivity contribution is 8.00. The minimum atomic E-state index is -0.374. The molecule has 1 fully saturated rings. The number of aliphatic hydroxyl groups excluding tert-OH is 1. The first kappa shape index (κ1) is 21.4. The minimum absolute atomic E-state index is 0.0678. The lowest BCUT2D eigenvalue weighted by atomic mass is 9.86. The first-order chi connectivity index (χ1) is 13.1. The van der Waals surface area contributed by atoms with E-state index in [1.807, 2.05) is 11.6 Å². The van der Waals surface area contributed by atoms with E-state index in [2.05, 4.69) is 36.2 Å². The maximum atomic E-state index is 10.3. The highest BCUT2D eigenvalue weighted by atomic mass is 35.5. The van der Waals surface area contributed by atoms with Crippen LogP contribution in [0.1, 0.15) is 62.2 Å². The topological polar surface area (TPSA) is 33.1 Å². The average Bonchev–Trinajstić information content (AvgIpc) is 3.28. The molecule has 2 nitrogen and oxygen atoms in total. The Morgan fingerprint density at radius 3 is 2.70 bits per heavy atom. The number of thioether (sulfide) groups is 1. The normalized spacial score (nSPS) is 26.4. The Bertz CT molecular complexity index is 680. The lowest BCUT2D eigenvalue weighted by Gasteiger charge is -2.24. The molecular weight excluding hydrogens is 417 g/mol. The first-order valence-corrected chi connectivity index (χ1v) is 12.4. The summed E-state index contributed by atoms with van der Waals surface area (Å²) in [7, 11) is 0. The third-order valence-corrected chi connectivity index (χ3v) is 8.34. The van der Waals surface area contributed by atoms with Gasteiger partial charge in [0.2, 0.25) is 0 Å². The van der Waals surface area contributed by atoms with Gasteiger partial charge in [-0.1, -0.05) is 55.8 Å². The van der Waals surface area contributed by atoms with Crippen molar-refractivity contribution in [1.82, 2.24) is 4.98 Å². The SMILES string of the molecule is CCCCC(O)c1ccc(C2C(Cl)CC(Cl)C2CCSc2nccs2)cc1. The van der Waals surface area contributed by atoms with Crippen LogP contribution in [-0.4, -0.2) is 26.6 Å². The van der Waals surface area contributed by atoms with Crippen LogP contribution in [0, 0.1) is 5.92 Å². The van der Waals surface area contributed by atoms with Gasteiger partial charge >= 0.3 is 0 Å². The van der Waals surface area contributed by atoms with Gasteiger partial charge in [0, 0.05) is 34.0 Å². The molecule has 5 atom stereocenters. The van der Waals surface area contributed by atoms with E-state index in [9.17, 15) is 5.11 Å². The molecule has 0 bridgehead atoms. The molecule has 1 aromatic carbocycles. The van der Waals surface area contributed by atoms with Gasteiger partial charge in [0.05, 0.1) is 6.10 Å². The summed E-state index contributed by atoms with van der Waals surface area (Å²) in [5.41, 5.74) is 2.24. The van der Waals surface area contributed by atoms with Gasteiger partial charge in [0.1, 0.15) is 4.34 Å². The highest BCUT2D eigenvalue weighted by Crippen LogP contribution is 2.47. The molecule has 1 heterocycles. The molecule has 2 aromatic rings. The van der Waals surface area contributed by atoms with E-state index < -0.39 is 0 Å². The zero-order valence-electron chi connectivity index (χ0n) is 15.6. The van der Waals surface area contributed by atoms with E-state index in [4.69, 9.17) is 23.2 Å². The number of unbranched alkanes of at least 4 members (excludes halogenated alkanes) is 1. The Hall–Kier alpha value is -0.260. The van der Waals surface area contributed by atoms with Gasteiger partial charge < -0.3 is 5.11 Å². The Morgan fingerprint density at radius 2 is 2.04 bits per heavy atom. The second kappa shape index (κ2) is 10.5. The number of aliphatic hydroxyl groups is 1. The number of halogens is 2. The van der Waals surface area contributed by atoms with Crippen LogP contribution in [0.2, 0.25) is 0 Å². The van der Waals surface area contributed by atoms with Crippen LogP contribution in [0.4, 0.5) is 0 Å². The monoisotopic (exact) mass is 443 g/mol. The van der Waals surface area contributed by atoms with Crippen molar-refractivity contribution in [2.75, 3.05) is 5.75 Å². The first-order valence-electron chi connectivity index (χ1n) is 9.68. The summed E-state index contributed by atoms with van der Waals surface area (Å²) in [6.07, 6.45) is 6.32. The number of benzene rings is 1. The Kier molecular flexibility index (Phi) is 8.34. The molecule has 0 saturated heterocycles. The fraction of sp³-hybridized carbons (Fsp3) is 0.571. The predicted molar refractivity (Wildman–Crippen MR) is 119 cm³/mol. The summed E-state index contributed by atoms with van der Waals surface area (Å²) in [5.74, 6) is 1.65. The number of hydrogen-bond donors (Lipinski definition) is 1. The molecule has 0 radical (unpaired) electrons. The van der Waals surface area contributed by atoms with Crippen LogP contribution in [0.25, 0.3) is 0 Å². The summed E-state index contributed by atoms with van der Waals surface area (Å²) in [6.45, 7) is 2.14. The Labute approximate surface area is 180 Å². The molecule has 148 valence electrons. The van der Waals surface area contributed by atoms with Gasteiger partial charge in [-0.05, 0) is 36.3 Å². The Balaban J connectivity index is 1.64. The molecule has 3 rings (SSSR count). The van der Waals surface area contributed by atoms with Crippen molar-refractivity contribution in [1.29, 1.82) is 0 Å².